The van der Waals surface area contributed by atoms with Gasteiger partial charge in [-0.1, -0.05) is 0 Å². The fourth-order valence-corrected chi connectivity index (χ4v) is 3.88. The van der Waals surface area contributed by atoms with E-state index in [1.165, 1.54) is 24.3 Å². The van der Waals surface area contributed by atoms with Crippen LogP contribution in [0.5, 0.6) is 0 Å². The van der Waals surface area contributed by atoms with E-state index in [-0.39, 0.29) is 10.2 Å². The van der Waals surface area contributed by atoms with Crippen LogP contribution in [-0.4, -0.2) is 36.2 Å². The van der Waals surface area contributed by atoms with Crippen molar-refractivity contribution in [2.24, 2.45) is 0 Å². The zero-order valence-electron chi connectivity index (χ0n) is 6.68. The molecule has 1 aliphatic rings. The number of rotatable bonds is 1. The van der Waals surface area contributed by atoms with Gasteiger partial charge in [-0.15, -0.1) is 0 Å². The lowest BCUT2D eigenvalue weighted by Gasteiger charge is -2.38. The average molecular weight is 147 g/mol. The van der Waals surface area contributed by atoms with Crippen LogP contribution in [0.15, 0.2) is 0 Å². The van der Waals surface area contributed by atoms with E-state index in [0.717, 1.165) is 0 Å². The van der Waals surface area contributed by atoms with Crippen molar-refractivity contribution in [3.63, 3.8) is 0 Å². The summed E-state index contributed by atoms with van der Waals surface area (Å²) in [7, 11) is 4.16. The van der Waals surface area contributed by atoms with Gasteiger partial charge in [0.1, 0.15) is 0 Å². The van der Waals surface area contributed by atoms with Gasteiger partial charge >= 0.3 is 0 Å². The van der Waals surface area contributed by atoms with Crippen LogP contribution in [0, 0.1) is 0 Å². The van der Waals surface area contributed by atoms with Crippen molar-refractivity contribution in [2.45, 2.75) is 12.8 Å². The smallest absolute Gasteiger partial charge is 0.00438 e. The second-order valence-electron chi connectivity index (χ2n) is 3.15. The lowest BCUT2D eigenvalue weighted by atomic mass is 10.4. The van der Waals surface area contributed by atoms with E-state index in [2.05, 4.69) is 24.7 Å². The summed E-state index contributed by atoms with van der Waals surface area (Å²) in [6, 6.07) is 0. The summed E-state index contributed by atoms with van der Waals surface area (Å²) in [5.74, 6) is 2.94. The third-order valence-corrected chi connectivity index (χ3v) is 6.40. The van der Waals surface area contributed by atoms with E-state index in [1.807, 2.05) is 0 Å². The molecule has 0 spiro atoms. The molecule has 0 bridgehead atoms. The van der Waals surface area contributed by atoms with Gasteiger partial charge in [-0.25, -0.2) is 0 Å². The third-order valence-electron chi connectivity index (χ3n) is 2.30. The lowest BCUT2D eigenvalue weighted by molar-refractivity contribution is 0.683. The summed E-state index contributed by atoms with van der Waals surface area (Å²) in [6.07, 6.45) is 5.37. The van der Waals surface area contributed by atoms with Crippen LogP contribution in [0.4, 0.5) is 0 Å². The molecule has 1 fully saturated rings. The first-order valence-corrected chi connectivity index (χ1v) is 5.90. The van der Waals surface area contributed by atoms with E-state index >= 15 is 0 Å². The first-order valence-electron chi connectivity index (χ1n) is 3.56. The van der Waals surface area contributed by atoms with Gasteiger partial charge in [0.2, 0.25) is 0 Å². The third kappa shape index (κ3) is 1.41. The Labute approximate surface area is 59.9 Å². The highest BCUT2D eigenvalue weighted by Gasteiger charge is 2.24. The number of nitrogens with zero attached hydrogens (tertiary/aromatic N) is 1. The maximum absolute atomic E-state index is 2.44. The number of hydrogen-bond donors (Lipinski definition) is 0. The van der Waals surface area contributed by atoms with E-state index in [1.54, 1.807) is 0 Å². The molecule has 0 unspecified atom stereocenters. The molecule has 9 heavy (non-hydrogen) atoms. The molecule has 0 N–H and O–H groups in total. The summed E-state index contributed by atoms with van der Waals surface area (Å²) in [4.78, 5) is 0. The second-order valence-corrected chi connectivity index (χ2v) is 7.14. The van der Waals surface area contributed by atoms with Gasteiger partial charge in [-0.05, 0) is 44.7 Å². The summed E-state index contributed by atoms with van der Waals surface area (Å²) in [5.41, 5.74) is 0. The van der Waals surface area contributed by atoms with Crippen LogP contribution >= 0.6 is 10.2 Å². The Morgan fingerprint density at radius 3 is 1.78 bits per heavy atom. The highest BCUT2D eigenvalue weighted by molar-refractivity contribution is 8.31. The van der Waals surface area contributed by atoms with Crippen molar-refractivity contribution in [3.8, 4) is 0 Å². The minimum atomic E-state index is -0.287. The molecular weight excluding hydrogens is 130 g/mol. The Balaban J connectivity index is 2.51. The molecule has 1 aliphatic heterocycles. The average Bonchev–Trinajstić information content (AvgIpc) is 2.16. The van der Waals surface area contributed by atoms with Crippen molar-refractivity contribution < 1.29 is 0 Å². The SMILES string of the molecule is CN(C)S1(C)CCCC1. The molecule has 0 aromatic rings. The van der Waals surface area contributed by atoms with Gasteiger partial charge < -0.3 is 0 Å². The molecule has 1 rings (SSSR count). The van der Waals surface area contributed by atoms with Crippen LogP contribution in [0.25, 0.3) is 0 Å². The summed E-state index contributed by atoms with van der Waals surface area (Å²) < 4.78 is 2.44. The highest BCUT2D eigenvalue weighted by atomic mass is 32.3. The molecule has 1 heterocycles. The van der Waals surface area contributed by atoms with Crippen LogP contribution in [0.3, 0.4) is 0 Å². The van der Waals surface area contributed by atoms with Crippen molar-refractivity contribution in [1.82, 2.24) is 4.31 Å². The first kappa shape index (κ1) is 7.42. The minimum absolute atomic E-state index is 0.287. The molecule has 0 aromatic heterocycles. The van der Waals surface area contributed by atoms with Crippen LogP contribution in [0.2, 0.25) is 0 Å². The van der Waals surface area contributed by atoms with Crippen LogP contribution < -0.4 is 0 Å². The standard InChI is InChI=1S/C7H17NS/c1-8(2)9(3)6-4-5-7-9/h4-7H2,1-3H3. The Hall–Kier alpha value is 0.310. The monoisotopic (exact) mass is 147 g/mol. The number of hydrogen-bond acceptors (Lipinski definition) is 1. The van der Waals surface area contributed by atoms with Crippen LogP contribution in [-0.2, 0) is 0 Å². The molecule has 0 atom stereocenters. The topological polar surface area (TPSA) is 3.24 Å². The lowest BCUT2D eigenvalue weighted by Crippen LogP contribution is -2.19. The van der Waals surface area contributed by atoms with Gasteiger partial charge in [0.25, 0.3) is 0 Å². The molecule has 1 saturated heterocycles. The van der Waals surface area contributed by atoms with Crippen molar-refractivity contribution in [1.29, 1.82) is 0 Å². The van der Waals surface area contributed by atoms with Crippen LogP contribution in [0.1, 0.15) is 12.8 Å². The maximum Gasteiger partial charge on any atom is -0.00438 e. The predicted molar refractivity (Wildman–Crippen MR) is 46.2 cm³/mol. The Kier molecular flexibility index (Phi) is 2.07. The summed E-state index contributed by atoms with van der Waals surface area (Å²) >= 11 is 0. The first-order chi connectivity index (χ1) is 4.15. The fraction of sp³-hybridized carbons (Fsp3) is 1.00. The molecule has 56 valence electrons. The molecule has 0 radical (unpaired) electrons. The molecule has 2 heteroatoms. The summed E-state index contributed by atoms with van der Waals surface area (Å²) in [6.45, 7) is 0. The van der Waals surface area contributed by atoms with Gasteiger partial charge in [0, 0.05) is 0 Å². The van der Waals surface area contributed by atoms with Gasteiger partial charge in [0.05, 0.1) is 0 Å². The van der Waals surface area contributed by atoms with E-state index in [4.69, 9.17) is 0 Å². The van der Waals surface area contributed by atoms with Gasteiger partial charge in [-0.3, -0.25) is 4.31 Å². The highest BCUT2D eigenvalue weighted by Crippen LogP contribution is 2.51. The van der Waals surface area contributed by atoms with E-state index in [0.29, 0.717) is 0 Å². The molecule has 0 saturated carbocycles. The normalized spacial score (nSPS) is 28.9. The van der Waals surface area contributed by atoms with E-state index < -0.39 is 0 Å². The fourth-order valence-electron chi connectivity index (χ4n) is 1.29. The molecule has 1 nitrogen and oxygen atoms in total. The van der Waals surface area contributed by atoms with Crippen molar-refractivity contribution >= 4 is 10.2 Å². The maximum atomic E-state index is 2.44. The largest absolute Gasteiger partial charge is 0.274 e. The predicted octanol–water partition coefficient (Wildman–Crippen LogP) is 1.69. The Morgan fingerprint density at radius 2 is 1.56 bits per heavy atom. The zero-order valence-corrected chi connectivity index (χ0v) is 7.50. The molecular formula is C7H17NS. The van der Waals surface area contributed by atoms with E-state index in [9.17, 15) is 0 Å². The Morgan fingerprint density at radius 1 is 1.11 bits per heavy atom. The van der Waals surface area contributed by atoms with Crippen molar-refractivity contribution in [2.75, 3.05) is 31.9 Å². The second kappa shape index (κ2) is 2.51. The van der Waals surface area contributed by atoms with Crippen molar-refractivity contribution in [3.05, 3.63) is 0 Å². The zero-order chi connectivity index (χ0) is 6.91. The quantitative estimate of drug-likeness (QED) is 0.545. The molecule has 0 amide bonds. The summed E-state index contributed by atoms with van der Waals surface area (Å²) in [5, 5.41) is 0. The van der Waals surface area contributed by atoms with Gasteiger partial charge in [0.15, 0.2) is 0 Å². The molecule has 0 aromatic carbocycles. The minimum Gasteiger partial charge on any atom is -0.274 e. The Bertz CT molecular complexity index is 95.1. The molecule has 0 aliphatic carbocycles. The van der Waals surface area contributed by atoms with Gasteiger partial charge in [-0.2, -0.15) is 10.2 Å².